The van der Waals surface area contributed by atoms with Crippen molar-refractivity contribution in [2.75, 3.05) is 6.54 Å². The maximum Gasteiger partial charge on any atom is 0.126 e. The normalized spacial score (nSPS) is 29.5. The molecule has 6 heteroatoms. The number of nitrogens with two attached hydrogens (primary N) is 1. The highest BCUT2D eigenvalue weighted by Gasteiger charge is 2.32. The molecule has 3 aliphatic rings. The summed E-state index contributed by atoms with van der Waals surface area (Å²) < 4.78 is 4.87. The Hall–Kier alpha value is -1.66. The van der Waals surface area contributed by atoms with Gasteiger partial charge < -0.3 is 20.2 Å². The van der Waals surface area contributed by atoms with Crippen molar-refractivity contribution < 1.29 is 0 Å². The zero-order chi connectivity index (χ0) is 19.6. The highest BCUT2D eigenvalue weighted by Crippen LogP contribution is 2.42. The first-order valence-corrected chi connectivity index (χ1v) is 11.8. The van der Waals surface area contributed by atoms with Crippen LogP contribution in [0.4, 0.5) is 0 Å². The zero-order valence-electron chi connectivity index (χ0n) is 17.5. The monoisotopic (exact) mass is 396 g/mol. The number of aromatic nitrogens is 4. The predicted molar refractivity (Wildman–Crippen MR) is 115 cm³/mol. The Balaban J connectivity index is 1.31. The van der Waals surface area contributed by atoms with Gasteiger partial charge in [-0.3, -0.25) is 0 Å². The topological polar surface area (TPSA) is 73.7 Å². The number of piperidine rings is 1. The van der Waals surface area contributed by atoms with Gasteiger partial charge >= 0.3 is 0 Å². The molecule has 0 aromatic carbocycles. The van der Waals surface area contributed by atoms with Gasteiger partial charge in [0, 0.05) is 48.3 Å². The summed E-state index contributed by atoms with van der Waals surface area (Å²) in [6.07, 6.45) is 21.9. The maximum atomic E-state index is 6.74. The first kappa shape index (κ1) is 19.3. The summed E-state index contributed by atoms with van der Waals surface area (Å²) in [6.45, 7) is 1.14. The van der Waals surface area contributed by atoms with Gasteiger partial charge in [-0.1, -0.05) is 6.42 Å². The Labute approximate surface area is 174 Å². The number of hydrogen-bond acceptors (Lipinski definition) is 4. The molecule has 2 saturated carbocycles. The van der Waals surface area contributed by atoms with E-state index >= 15 is 0 Å². The van der Waals surface area contributed by atoms with E-state index in [0.29, 0.717) is 24.0 Å². The van der Waals surface area contributed by atoms with Crippen molar-refractivity contribution in [3.05, 3.63) is 36.4 Å². The number of nitrogens with zero attached hydrogens (tertiary/aromatic N) is 4. The molecule has 5 rings (SSSR count). The van der Waals surface area contributed by atoms with Crippen LogP contribution in [0.5, 0.6) is 0 Å². The second kappa shape index (κ2) is 8.60. The Bertz CT molecular complexity index is 763. The molecule has 3 heterocycles. The largest absolute Gasteiger partial charge is 0.334 e. The lowest BCUT2D eigenvalue weighted by Crippen LogP contribution is -2.37. The van der Waals surface area contributed by atoms with Crippen LogP contribution in [-0.2, 0) is 0 Å². The quantitative estimate of drug-likeness (QED) is 0.766. The molecule has 0 amide bonds. The van der Waals surface area contributed by atoms with Gasteiger partial charge in [0.05, 0.1) is 12.4 Å². The van der Waals surface area contributed by atoms with Crippen LogP contribution in [0.2, 0.25) is 0 Å². The zero-order valence-corrected chi connectivity index (χ0v) is 17.5. The van der Waals surface area contributed by atoms with Crippen molar-refractivity contribution in [1.82, 2.24) is 24.4 Å². The number of hydrogen-bond donors (Lipinski definition) is 2. The molecule has 3 fully saturated rings. The number of imidazole rings is 2. The second-order valence-electron chi connectivity index (χ2n) is 9.50. The van der Waals surface area contributed by atoms with E-state index in [-0.39, 0.29) is 6.04 Å². The Morgan fingerprint density at radius 2 is 1.90 bits per heavy atom. The number of rotatable bonds is 6. The Morgan fingerprint density at radius 3 is 2.55 bits per heavy atom. The average Bonchev–Trinajstić information content (AvgIpc) is 3.38. The maximum absolute atomic E-state index is 6.74. The summed E-state index contributed by atoms with van der Waals surface area (Å²) in [7, 11) is 0. The van der Waals surface area contributed by atoms with Crippen LogP contribution in [0.15, 0.2) is 24.9 Å². The molecule has 29 heavy (non-hydrogen) atoms. The summed E-state index contributed by atoms with van der Waals surface area (Å²) in [5.74, 6) is 1.77. The highest BCUT2D eigenvalue weighted by atomic mass is 15.1. The minimum absolute atomic E-state index is 0.0437. The lowest BCUT2D eigenvalue weighted by molar-refractivity contribution is 0.267. The van der Waals surface area contributed by atoms with Crippen LogP contribution in [0.3, 0.4) is 0 Å². The fourth-order valence-corrected chi connectivity index (χ4v) is 5.70. The lowest BCUT2D eigenvalue weighted by Gasteiger charge is -2.36. The van der Waals surface area contributed by atoms with Crippen LogP contribution in [0.25, 0.3) is 0 Å². The third-order valence-corrected chi connectivity index (χ3v) is 7.64. The summed E-state index contributed by atoms with van der Waals surface area (Å²) >= 11 is 0. The van der Waals surface area contributed by atoms with Crippen LogP contribution in [0.1, 0.15) is 106 Å². The van der Waals surface area contributed by atoms with E-state index in [9.17, 15) is 0 Å². The van der Waals surface area contributed by atoms with E-state index in [0.717, 1.165) is 18.8 Å². The predicted octanol–water partition coefficient (Wildman–Crippen LogP) is 4.24. The van der Waals surface area contributed by atoms with E-state index in [4.69, 9.17) is 10.7 Å². The third kappa shape index (κ3) is 4.02. The third-order valence-electron chi connectivity index (χ3n) is 7.64. The molecule has 0 radical (unpaired) electrons. The van der Waals surface area contributed by atoms with Crippen molar-refractivity contribution >= 4 is 0 Å². The van der Waals surface area contributed by atoms with Crippen molar-refractivity contribution in [3.63, 3.8) is 0 Å². The van der Waals surface area contributed by atoms with Gasteiger partial charge in [-0.05, 0) is 70.8 Å². The van der Waals surface area contributed by atoms with Gasteiger partial charge in [-0.25, -0.2) is 9.97 Å². The van der Waals surface area contributed by atoms with Gasteiger partial charge in [0.25, 0.3) is 0 Å². The van der Waals surface area contributed by atoms with Crippen LogP contribution >= 0.6 is 0 Å². The van der Waals surface area contributed by atoms with E-state index in [1.54, 1.807) is 0 Å². The summed E-state index contributed by atoms with van der Waals surface area (Å²) in [5.41, 5.74) is 8.20. The molecule has 1 aliphatic heterocycles. The molecule has 2 aliphatic carbocycles. The molecular weight excluding hydrogens is 360 g/mol. The SMILES string of the molecule is N[C@@H](CC1CCCCN1)c1ncc(C2CCC(n3ccnc3)CC2)n1C1CCC1. The van der Waals surface area contributed by atoms with Crippen LogP contribution in [-0.4, -0.2) is 31.7 Å². The highest BCUT2D eigenvalue weighted by molar-refractivity contribution is 5.17. The standard InChI is InChI=1S/C23H36N6/c24-21(14-18-4-1-2-11-26-18)23-27-15-22(29(23)20-5-3-6-20)17-7-9-19(10-8-17)28-13-12-25-16-28/h12-13,15-21,26H,1-11,14,24H2/t17?,18?,19?,21-/m0/s1. The Morgan fingerprint density at radius 1 is 1.03 bits per heavy atom. The minimum Gasteiger partial charge on any atom is -0.334 e. The van der Waals surface area contributed by atoms with Gasteiger partial charge in [-0.2, -0.15) is 0 Å². The molecule has 2 atom stereocenters. The van der Waals surface area contributed by atoms with Crippen molar-refractivity contribution in [2.45, 2.75) is 101 Å². The van der Waals surface area contributed by atoms with Gasteiger partial charge in [-0.15, -0.1) is 0 Å². The molecule has 158 valence electrons. The van der Waals surface area contributed by atoms with Crippen LogP contribution < -0.4 is 11.1 Å². The van der Waals surface area contributed by atoms with E-state index in [2.05, 4.69) is 31.8 Å². The molecule has 0 spiro atoms. The first-order chi connectivity index (χ1) is 14.3. The molecular formula is C23H36N6. The average molecular weight is 397 g/mol. The number of nitrogens with one attached hydrogen (secondary N) is 1. The fourth-order valence-electron chi connectivity index (χ4n) is 5.70. The lowest BCUT2D eigenvalue weighted by atomic mass is 9.83. The van der Waals surface area contributed by atoms with Crippen LogP contribution in [0, 0.1) is 0 Å². The molecule has 1 unspecified atom stereocenters. The summed E-state index contributed by atoms with van der Waals surface area (Å²) in [5, 5.41) is 3.66. The van der Waals surface area contributed by atoms with Gasteiger partial charge in [0.1, 0.15) is 5.82 Å². The van der Waals surface area contributed by atoms with Crippen molar-refractivity contribution in [3.8, 4) is 0 Å². The summed E-state index contributed by atoms with van der Waals surface area (Å²) in [6, 6.07) is 1.83. The Kier molecular flexibility index (Phi) is 5.73. The van der Waals surface area contributed by atoms with E-state index in [1.165, 1.54) is 69.9 Å². The summed E-state index contributed by atoms with van der Waals surface area (Å²) in [4.78, 5) is 9.15. The smallest absolute Gasteiger partial charge is 0.126 e. The van der Waals surface area contributed by atoms with Gasteiger partial charge in [0.15, 0.2) is 0 Å². The molecule has 0 bridgehead atoms. The second-order valence-corrected chi connectivity index (χ2v) is 9.50. The van der Waals surface area contributed by atoms with E-state index in [1.807, 2.05) is 12.5 Å². The molecule has 2 aromatic rings. The first-order valence-electron chi connectivity index (χ1n) is 11.8. The van der Waals surface area contributed by atoms with E-state index < -0.39 is 0 Å². The fraction of sp³-hybridized carbons (Fsp3) is 0.739. The molecule has 1 saturated heterocycles. The molecule has 2 aromatic heterocycles. The minimum atomic E-state index is 0.0437. The van der Waals surface area contributed by atoms with Crippen molar-refractivity contribution in [2.24, 2.45) is 5.73 Å². The molecule has 6 nitrogen and oxygen atoms in total. The van der Waals surface area contributed by atoms with Crippen molar-refractivity contribution in [1.29, 1.82) is 0 Å². The molecule has 3 N–H and O–H groups in total. The van der Waals surface area contributed by atoms with Gasteiger partial charge in [0.2, 0.25) is 0 Å².